The Morgan fingerprint density at radius 2 is 2.16 bits per heavy atom. The topological polar surface area (TPSA) is 92.5 Å². The van der Waals surface area contributed by atoms with Gasteiger partial charge >= 0.3 is 0 Å². The number of hydrogen-bond acceptors (Lipinski definition) is 4. The lowest BCUT2D eigenvalue weighted by atomic mass is 9.82. The van der Waals surface area contributed by atoms with Crippen LogP contribution in [0.4, 0.5) is 10.1 Å². The number of nitrogens with one attached hydrogen (secondary N) is 1. The fourth-order valence-electron chi connectivity index (χ4n) is 2.02. The van der Waals surface area contributed by atoms with Crippen molar-refractivity contribution in [2.45, 2.75) is 18.9 Å². The van der Waals surface area contributed by atoms with Gasteiger partial charge in [0.05, 0.1) is 17.1 Å². The number of rotatable bonds is 4. The van der Waals surface area contributed by atoms with Crippen molar-refractivity contribution in [3.05, 3.63) is 39.7 Å². The summed E-state index contributed by atoms with van der Waals surface area (Å²) in [6.45, 7) is 0.375. The van der Waals surface area contributed by atoms with Gasteiger partial charge in [-0.1, -0.05) is 0 Å². The number of carbonyl (C=O) groups is 1. The molecule has 2 N–H and O–H groups in total. The van der Waals surface area contributed by atoms with Crippen molar-refractivity contribution >= 4 is 11.6 Å². The molecule has 0 aliphatic heterocycles. The molecular formula is C12H13FN2O4. The average Bonchev–Trinajstić information content (AvgIpc) is 2.32. The van der Waals surface area contributed by atoms with Crippen molar-refractivity contribution in [1.82, 2.24) is 5.32 Å². The van der Waals surface area contributed by atoms with Gasteiger partial charge in [-0.2, -0.15) is 0 Å². The summed E-state index contributed by atoms with van der Waals surface area (Å²) in [5, 5.41) is 22.2. The van der Waals surface area contributed by atoms with Crippen molar-refractivity contribution in [3.63, 3.8) is 0 Å². The van der Waals surface area contributed by atoms with E-state index in [1.54, 1.807) is 0 Å². The predicted molar refractivity (Wildman–Crippen MR) is 64.1 cm³/mol. The Balaban J connectivity index is 2.00. The van der Waals surface area contributed by atoms with Crippen molar-refractivity contribution in [1.29, 1.82) is 0 Å². The first-order valence-corrected chi connectivity index (χ1v) is 5.87. The zero-order valence-electron chi connectivity index (χ0n) is 10.0. The summed E-state index contributed by atoms with van der Waals surface area (Å²) < 4.78 is 13.2. The summed E-state index contributed by atoms with van der Waals surface area (Å²) >= 11 is 0. The van der Waals surface area contributed by atoms with Crippen LogP contribution >= 0.6 is 0 Å². The number of aliphatic hydroxyl groups is 1. The third kappa shape index (κ3) is 3.25. The van der Waals surface area contributed by atoms with Crippen LogP contribution in [0.25, 0.3) is 0 Å². The molecule has 19 heavy (non-hydrogen) atoms. The van der Waals surface area contributed by atoms with Crippen LogP contribution in [0, 0.1) is 21.8 Å². The van der Waals surface area contributed by atoms with Crippen LogP contribution in [0.3, 0.4) is 0 Å². The molecule has 0 aromatic heterocycles. The van der Waals surface area contributed by atoms with Gasteiger partial charge in [0.25, 0.3) is 11.6 Å². The van der Waals surface area contributed by atoms with Gasteiger partial charge in [0.2, 0.25) is 0 Å². The molecule has 0 bridgehead atoms. The highest BCUT2D eigenvalue weighted by molar-refractivity contribution is 5.94. The van der Waals surface area contributed by atoms with Crippen molar-refractivity contribution in [2.75, 3.05) is 6.54 Å². The number of carbonyl (C=O) groups excluding carboxylic acids is 1. The Kier molecular flexibility index (Phi) is 3.75. The normalized spacial score (nSPS) is 21.6. The lowest BCUT2D eigenvalue weighted by Gasteiger charge is -2.31. The highest BCUT2D eigenvalue weighted by Gasteiger charge is 2.27. The predicted octanol–water partition coefficient (Wildman–Crippen LogP) is 1.23. The molecular weight excluding hydrogens is 255 g/mol. The Hall–Kier alpha value is -2.02. The number of hydrogen-bond donors (Lipinski definition) is 2. The highest BCUT2D eigenvalue weighted by atomic mass is 19.1. The lowest BCUT2D eigenvalue weighted by molar-refractivity contribution is -0.385. The minimum absolute atomic E-state index is 0.0772. The van der Waals surface area contributed by atoms with E-state index >= 15 is 0 Å². The fraction of sp³-hybridized carbons (Fsp3) is 0.417. The molecule has 102 valence electrons. The van der Waals surface area contributed by atoms with Gasteiger partial charge in [-0.3, -0.25) is 14.9 Å². The molecule has 1 aromatic rings. The number of nitro groups is 1. The summed E-state index contributed by atoms with van der Waals surface area (Å²) in [4.78, 5) is 21.6. The Morgan fingerprint density at radius 1 is 1.47 bits per heavy atom. The minimum Gasteiger partial charge on any atom is -0.393 e. The van der Waals surface area contributed by atoms with Gasteiger partial charge in [-0.25, -0.2) is 4.39 Å². The molecule has 1 aromatic carbocycles. The molecule has 1 fully saturated rings. The second-order valence-corrected chi connectivity index (χ2v) is 4.66. The number of amides is 1. The second kappa shape index (κ2) is 5.31. The monoisotopic (exact) mass is 268 g/mol. The fourth-order valence-corrected chi connectivity index (χ4v) is 2.02. The van der Waals surface area contributed by atoms with E-state index in [1.807, 2.05) is 0 Å². The zero-order valence-corrected chi connectivity index (χ0v) is 10.0. The summed E-state index contributed by atoms with van der Waals surface area (Å²) in [6.07, 6.45) is 0.949. The number of aliphatic hydroxyl groups excluding tert-OH is 1. The molecule has 0 spiro atoms. The molecule has 0 saturated heterocycles. The van der Waals surface area contributed by atoms with E-state index in [-0.39, 0.29) is 17.6 Å². The highest BCUT2D eigenvalue weighted by Crippen LogP contribution is 2.26. The lowest BCUT2D eigenvalue weighted by Crippen LogP contribution is -2.38. The molecule has 1 saturated carbocycles. The molecule has 0 atom stereocenters. The summed E-state index contributed by atoms with van der Waals surface area (Å²) in [6, 6.07) is 2.76. The second-order valence-electron chi connectivity index (χ2n) is 4.66. The standard InChI is InChI=1S/C12H13FN2O4/c13-9-3-8(4-10(5-9)15(18)19)12(17)14-6-7-1-11(16)2-7/h3-5,7,11,16H,1-2,6H2,(H,14,17). The Bertz CT molecular complexity index is 514. The maximum Gasteiger partial charge on any atom is 0.273 e. The summed E-state index contributed by atoms with van der Waals surface area (Å²) in [5.74, 6) is -1.16. The van der Waals surface area contributed by atoms with E-state index in [0.29, 0.717) is 19.4 Å². The SMILES string of the molecule is O=C(NCC1CC(O)C1)c1cc(F)cc([N+](=O)[O-])c1. The number of benzene rings is 1. The smallest absolute Gasteiger partial charge is 0.273 e. The molecule has 1 aliphatic rings. The molecule has 1 amide bonds. The van der Waals surface area contributed by atoms with Gasteiger partial charge in [-0.15, -0.1) is 0 Å². The molecule has 2 rings (SSSR count). The first-order valence-electron chi connectivity index (χ1n) is 5.87. The number of halogens is 1. The molecule has 0 radical (unpaired) electrons. The van der Waals surface area contributed by atoms with Gasteiger partial charge in [0.1, 0.15) is 5.82 Å². The third-order valence-electron chi connectivity index (χ3n) is 3.12. The van der Waals surface area contributed by atoms with Crippen LogP contribution in [-0.2, 0) is 0 Å². The van der Waals surface area contributed by atoms with Gasteiger partial charge < -0.3 is 10.4 Å². The van der Waals surface area contributed by atoms with Crippen LogP contribution in [-0.4, -0.2) is 28.6 Å². The van der Waals surface area contributed by atoms with E-state index < -0.39 is 22.3 Å². The van der Waals surface area contributed by atoms with Crippen LogP contribution in [0.2, 0.25) is 0 Å². The van der Waals surface area contributed by atoms with Gasteiger partial charge in [0.15, 0.2) is 0 Å². The molecule has 7 heteroatoms. The van der Waals surface area contributed by atoms with Gasteiger partial charge in [0, 0.05) is 18.2 Å². The van der Waals surface area contributed by atoms with Crippen LogP contribution in [0.1, 0.15) is 23.2 Å². The molecule has 6 nitrogen and oxygen atoms in total. The summed E-state index contributed by atoms with van der Waals surface area (Å²) in [7, 11) is 0. The van der Waals surface area contributed by atoms with Crippen LogP contribution in [0.5, 0.6) is 0 Å². The quantitative estimate of drug-likeness (QED) is 0.634. The Morgan fingerprint density at radius 3 is 2.74 bits per heavy atom. The molecule has 0 unspecified atom stereocenters. The van der Waals surface area contributed by atoms with E-state index in [2.05, 4.69) is 5.32 Å². The number of nitrogens with zero attached hydrogens (tertiary/aromatic N) is 1. The number of nitro benzene ring substituents is 1. The maximum atomic E-state index is 13.2. The van der Waals surface area contributed by atoms with E-state index in [0.717, 1.165) is 18.2 Å². The maximum absolute atomic E-state index is 13.2. The minimum atomic E-state index is -0.821. The average molecular weight is 268 g/mol. The molecule has 0 heterocycles. The van der Waals surface area contributed by atoms with E-state index in [1.165, 1.54) is 0 Å². The van der Waals surface area contributed by atoms with Crippen molar-refractivity contribution in [2.24, 2.45) is 5.92 Å². The summed E-state index contributed by atoms with van der Waals surface area (Å²) in [5.41, 5.74) is -0.532. The molecule has 1 aliphatic carbocycles. The first kappa shape index (κ1) is 13.4. The van der Waals surface area contributed by atoms with E-state index in [9.17, 15) is 19.3 Å². The zero-order chi connectivity index (χ0) is 14.0. The van der Waals surface area contributed by atoms with Crippen LogP contribution in [0.15, 0.2) is 18.2 Å². The Labute approximate surface area is 108 Å². The van der Waals surface area contributed by atoms with Crippen molar-refractivity contribution in [3.8, 4) is 0 Å². The van der Waals surface area contributed by atoms with E-state index in [4.69, 9.17) is 5.11 Å². The number of non-ortho nitro benzene ring substituents is 1. The first-order chi connectivity index (χ1) is 8.95. The van der Waals surface area contributed by atoms with Gasteiger partial charge in [-0.05, 0) is 24.8 Å². The van der Waals surface area contributed by atoms with Crippen molar-refractivity contribution < 1.29 is 19.2 Å². The largest absolute Gasteiger partial charge is 0.393 e. The van der Waals surface area contributed by atoms with Crippen LogP contribution < -0.4 is 5.32 Å². The third-order valence-corrected chi connectivity index (χ3v) is 3.12.